The highest BCUT2D eigenvalue weighted by atomic mass is 35.5. The fourth-order valence-electron chi connectivity index (χ4n) is 2.35. The van der Waals surface area contributed by atoms with Crippen molar-refractivity contribution in [1.29, 1.82) is 5.26 Å². The van der Waals surface area contributed by atoms with Gasteiger partial charge in [-0.1, -0.05) is 47.1 Å². The van der Waals surface area contributed by atoms with Crippen LogP contribution in [0.4, 0.5) is 5.69 Å². The van der Waals surface area contributed by atoms with Gasteiger partial charge in [-0.15, -0.1) is 10.2 Å². The molecule has 3 rings (SSSR count). The third kappa shape index (κ3) is 4.42. The maximum atomic E-state index is 12.2. The number of benzene rings is 2. The maximum Gasteiger partial charge on any atom is 0.234 e. The van der Waals surface area contributed by atoms with E-state index < -0.39 is 0 Å². The van der Waals surface area contributed by atoms with Gasteiger partial charge in [0.25, 0.3) is 0 Å². The minimum Gasteiger partial charge on any atom is -0.324 e. The van der Waals surface area contributed by atoms with Gasteiger partial charge in [0.1, 0.15) is 6.07 Å². The molecular weight excluding hydrogens is 405 g/mol. The van der Waals surface area contributed by atoms with E-state index in [-0.39, 0.29) is 11.7 Å². The Morgan fingerprint density at radius 3 is 2.78 bits per heavy atom. The van der Waals surface area contributed by atoms with Crippen LogP contribution in [0.5, 0.6) is 0 Å². The molecule has 0 bridgehead atoms. The first-order valence-electron chi connectivity index (χ1n) is 7.76. The number of halogens is 2. The number of nitrogens with one attached hydrogen (secondary N) is 1. The number of amides is 1. The summed E-state index contributed by atoms with van der Waals surface area (Å²) in [5.74, 6) is 0.442. The van der Waals surface area contributed by atoms with E-state index in [1.54, 1.807) is 28.8 Å². The van der Waals surface area contributed by atoms with Crippen molar-refractivity contribution in [3.8, 4) is 17.5 Å². The van der Waals surface area contributed by atoms with Crippen LogP contribution in [0, 0.1) is 11.3 Å². The average Bonchev–Trinajstić information content (AvgIpc) is 3.01. The van der Waals surface area contributed by atoms with E-state index in [0.717, 1.165) is 5.56 Å². The molecule has 27 heavy (non-hydrogen) atoms. The highest BCUT2D eigenvalue weighted by Gasteiger charge is 2.15. The topological polar surface area (TPSA) is 83.6 Å². The molecule has 0 saturated carbocycles. The summed E-state index contributed by atoms with van der Waals surface area (Å²) in [4.78, 5) is 12.2. The lowest BCUT2D eigenvalue weighted by Crippen LogP contribution is -2.15. The Kier molecular flexibility index (Phi) is 6.01. The first-order chi connectivity index (χ1) is 13.0. The Morgan fingerprint density at radius 2 is 2.04 bits per heavy atom. The molecule has 9 heteroatoms. The van der Waals surface area contributed by atoms with E-state index in [1.807, 2.05) is 31.3 Å². The average molecular weight is 418 g/mol. The van der Waals surface area contributed by atoms with Gasteiger partial charge in [-0.3, -0.25) is 4.79 Å². The molecule has 0 fully saturated rings. The number of carbonyl (C=O) groups excluding carboxylic acids is 1. The standard InChI is InChI=1S/C18H13Cl2N5OS/c1-25-17(13-4-2-3-5-14(13)20)23-24-18(25)27-10-16(26)22-15-8-12(19)7-6-11(15)9-21/h2-8H,10H2,1H3,(H,22,26). The smallest absolute Gasteiger partial charge is 0.234 e. The summed E-state index contributed by atoms with van der Waals surface area (Å²) in [6, 6.07) is 14.1. The number of rotatable bonds is 5. The first-order valence-corrected chi connectivity index (χ1v) is 9.50. The number of nitriles is 1. The van der Waals surface area contributed by atoms with Gasteiger partial charge in [-0.05, 0) is 30.3 Å². The largest absolute Gasteiger partial charge is 0.324 e. The van der Waals surface area contributed by atoms with Gasteiger partial charge in [0, 0.05) is 17.6 Å². The first kappa shape index (κ1) is 19.2. The van der Waals surface area contributed by atoms with Gasteiger partial charge in [0.15, 0.2) is 11.0 Å². The van der Waals surface area contributed by atoms with Crippen LogP contribution in [0.15, 0.2) is 47.6 Å². The summed E-state index contributed by atoms with van der Waals surface area (Å²) in [6.45, 7) is 0. The van der Waals surface area contributed by atoms with Crippen molar-refractivity contribution in [3.63, 3.8) is 0 Å². The van der Waals surface area contributed by atoms with Gasteiger partial charge in [-0.25, -0.2) is 0 Å². The molecule has 1 amide bonds. The predicted molar refractivity (Wildman–Crippen MR) is 107 cm³/mol. The molecule has 0 aliphatic carbocycles. The number of hydrogen-bond acceptors (Lipinski definition) is 5. The van der Waals surface area contributed by atoms with Crippen LogP contribution in [-0.2, 0) is 11.8 Å². The molecule has 0 saturated heterocycles. The van der Waals surface area contributed by atoms with Crippen molar-refractivity contribution in [2.75, 3.05) is 11.1 Å². The Balaban J connectivity index is 1.69. The lowest BCUT2D eigenvalue weighted by Gasteiger charge is -2.08. The van der Waals surface area contributed by atoms with Crippen LogP contribution in [-0.4, -0.2) is 26.4 Å². The molecule has 1 heterocycles. The zero-order chi connectivity index (χ0) is 19.4. The third-order valence-corrected chi connectivity index (χ3v) is 5.24. The monoisotopic (exact) mass is 417 g/mol. The van der Waals surface area contributed by atoms with E-state index in [9.17, 15) is 4.79 Å². The van der Waals surface area contributed by atoms with E-state index in [2.05, 4.69) is 15.5 Å². The molecule has 0 spiro atoms. The molecular formula is C18H13Cl2N5OS. The second-order valence-electron chi connectivity index (χ2n) is 5.48. The lowest BCUT2D eigenvalue weighted by atomic mass is 10.2. The normalized spacial score (nSPS) is 10.4. The zero-order valence-corrected chi connectivity index (χ0v) is 16.4. The summed E-state index contributed by atoms with van der Waals surface area (Å²) in [7, 11) is 1.81. The van der Waals surface area contributed by atoms with Gasteiger partial charge in [-0.2, -0.15) is 5.26 Å². The molecule has 2 aromatic carbocycles. The van der Waals surface area contributed by atoms with Gasteiger partial charge in [0.2, 0.25) is 5.91 Å². The maximum absolute atomic E-state index is 12.2. The molecule has 0 aliphatic heterocycles. The molecule has 0 aliphatic rings. The minimum atomic E-state index is -0.277. The third-order valence-electron chi connectivity index (χ3n) is 3.66. The summed E-state index contributed by atoms with van der Waals surface area (Å²) in [6.07, 6.45) is 0. The number of hydrogen-bond donors (Lipinski definition) is 1. The zero-order valence-electron chi connectivity index (χ0n) is 14.1. The van der Waals surface area contributed by atoms with Crippen molar-refractivity contribution >= 4 is 46.6 Å². The number of aromatic nitrogens is 3. The number of carbonyl (C=O) groups is 1. The predicted octanol–water partition coefficient (Wildman–Crippen LogP) is 4.39. The summed E-state index contributed by atoms with van der Waals surface area (Å²) in [5.41, 5.74) is 1.49. The fraction of sp³-hybridized carbons (Fsp3) is 0.111. The van der Waals surface area contributed by atoms with E-state index in [1.165, 1.54) is 11.8 Å². The van der Waals surface area contributed by atoms with Gasteiger partial charge < -0.3 is 9.88 Å². The van der Waals surface area contributed by atoms with Gasteiger partial charge >= 0.3 is 0 Å². The van der Waals surface area contributed by atoms with E-state index >= 15 is 0 Å². The minimum absolute atomic E-state index is 0.103. The SMILES string of the molecule is Cn1c(SCC(=O)Nc2cc(Cl)ccc2C#N)nnc1-c1ccccc1Cl. The van der Waals surface area contributed by atoms with Crippen molar-refractivity contribution in [2.24, 2.45) is 7.05 Å². The van der Waals surface area contributed by atoms with Crippen molar-refractivity contribution in [3.05, 3.63) is 58.1 Å². The van der Waals surface area contributed by atoms with Crippen molar-refractivity contribution in [1.82, 2.24) is 14.8 Å². The summed E-state index contributed by atoms with van der Waals surface area (Å²) < 4.78 is 1.78. The highest BCUT2D eigenvalue weighted by molar-refractivity contribution is 7.99. The lowest BCUT2D eigenvalue weighted by molar-refractivity contribution is -0.113. The van der Waals surface area contributed by atoms with Crippen molar-refractivity contribution in [2.45, 2.75) is 5.16 Å². The second-order valence-corrected chi connectivity index (χ2v) is 7.27. The second kappa shape index (κ2) is 8.44. The molecule has 0 unspecified atom stereocenters. The molecule has 1 N–H and O–H groups in total. The summed E-state index contributed by atoms with van der Waals surface area (Å²) >= 11 is 13.4. The Labute approximate surface area is 170 Å². The Hall–Kier alpha value is -2.53. The molecule has 1 aromatic heterocycles. The molecule has 6 nitrogen and oxygen atoms in total. The van der Waals surface area contributed by atoms with E-state index in [0.29, 0.717) is 32.3 Å². The molecule has 0 atom stereocenters. The van der Waals surface area contributed by atoms with Crippen LogP contribution >= 0.6 is 35.0 Å². The van der Waals surface area contributed by atoms with E-state index in [4.69, 9.17) is 28.5 Å². The number of anilines is 1. The number of thioether (sulfide) groups is 1. The highest BCUT2D eigenvalue weighted by Crippen LogP contribution is 2.28. The Bertz CT molecular complexity index is 1040. The number of nitrogens with zero attached hydrogens (tertiary/aromatic N) is 4. The quantitative estimate of drug-likeness (QED) is 0.622. The van der Waals surface area contributed by atoms with Crippen LogP contribution in [0.1, 0.15) is 5.56 Å². The molecule has 0 radical (unpaired) electrons. The van der Waals surface area contributed by atoms with Gasteiger partial charge in [0.05, 0.1) is 22.0 Å². The molecule has 3 aromatic rings. The Morgan fingerprint density at radius 1 is 1.26 bits per heavy atom. The fourth-order valence-corrected chi connectivity index (χ4v) is 3.45. The van der Waals surface area contributed by atoms with Crippen LogP contribution in [0.25, 0.3) is 11.4 Å². The molecule has 136 valence electrons. The van der Waals surface area contributed by atoms with Crippen LogP contribution in [0.2, 0.25) is 10.0 Å². The van der Waals surface area contributed by atoms with Crippen LogP contribution < -0.4 is 5.32 Å². The van der Waals surface area contributed by atoms with Crippen LogP contribution in [0.3, 0.4) is 0 Å². The summed E-state index contributed by atoms with van der Waals surface area (Å²) in [5, 5.41) is 21.7. The van der Waals surface area contributed by atoms with Crippen molar-refractivity contribution < 1.29 is 4.79 Å².